The van der Waals surface area contributed by atoms with Crippen molar-refractivity contribution in [2.24, 2.45) is 0 Å². The molecular formula is C14H17N3O2. The molecule has 0 radical (unpaired) electrons. The van der Waals surface area contributed by atoms with Gasteiger partial charge in [-0.05, 0) is 31.6 Å². The summed E-state index contributed by atoms with van der Waals surface area (Å²) in [6.07, 6.45) is 3.04. The summed E-state index contributed by atoms with van der Waals surface area (Å²) in [7, 11) is 1.51. The van der Waals surface area contributed by atoms with Gasteiger partial charge in [0.05, 0.1) is 0 Å². The van der Waals surface area contributed by atoms with Crippen LogP contribution in [0.4, 0.5) is 5.82 Å². The van der Waals surface area contributed by atoms with Crippen molar-refractivity contribution in [2.75, 3.05) is 12.4 Å². The highest BCUT2D eigenvalue weighted by atomic mass is 16.2. The predicted octanol–water partition coefficient (Wildman–Crippen LogP) is 1.58. The van der Waals surface area contributed by atoms with Gasteiger partial charge >= 0.3 is 0 Å². The van der Waals surface area contributed by atoms with Crippen LogP contribution in [0.25, 0.3) is 0 Å². The smallest absolute Gasteiger partial charge is 0.252 e. The second-order valence-corrected chi connectivity index (χ2v) is 4.05. The summed E-state index contributed by atoms with van der Waals surface area (Å²) < 4.78 is 0. The number of carbonyl (C=O) groups excluding carboxylic acids is 2. The Bertz CT molecular complexity index is 547. The molecule has 19 heavy (non-hydrogen) atoms. The molecule has 100 valence electrons. The topological polar surface area (TPSA) is 71.1 Å². The molecule has 1 aromatic heterocycles. The van der Waals surface area contributed by atoms with E-state index in [1.54, 1.807) is 19.2 Å². The lowest BCUT2D eigenvalue weighted by atomic mass is 10.1. The molecule has 0 aliphatic rings. The van der Waals surface area contributed by atoms with Crippen LogP contribution in [0, 0.1) is 6.92 Å². The number of anilines is 1. The lowest BCUT2D eigenvalue weighted by molar-refractivity contribution is -0.116. The van der Waals surface area contributed by atoms with E-state index in [1.165, 1.54) is 13.1 Å². The number of nitrogens with zero attached hydrogens (tertiary/aromatic N) is 1. The number of aromatic nitrogens is 1. The fourth-order valence-electron chi connectivity index (χ4n) is 1.38. The van der Waals surface area contributed by atoms with Crippen molar-refractivity contribution in [3.63, 3.8) is 0 Å². The molecule has 5 heteroatoms. The van der Waals surface area contributed by atoms with Gasteiger partial charge in [0.2, 0.25) is 5.91 Å². The summed E-state index contributed by atoms with van der Waals surface area (Å²) in [5, 5.41) is 5.12. The molecule has 0 bridgehead atoms. The number of hydrogen-bond donors (Lipinski definition) is 2. The minimum Gasteiger partial charge on any atom is -0.355 e. The second-order valence-electron chi connectivity index (χ2n) is 4.05. The first kappa shape index (κ1) is 14.6. The van der Waals surface area contributed by atoms with E-state index in [-0.39, 0.29) is 17.4 Å². The normalized spacial score (nSPS) is 10.8. The maximum atomic E-state index is 11.9. The molecule has 1 rings (SSSR count). The quantitative estimate of drug-likeness (QED) is 0.637. The van der Waals surface area contributed by atoms with Crippen molar-refractivity contribution in [3.05, 3.63) is 47.7 Å². The number of aryl methyl sites for hydroxylation is 1. The fourth-order valence-corrected chi connectivity index (χ4v) is 1.38. The van der Waals surface area contributed by atoms with Crippen molar-refractivity contribution >= 4 is 17.6 Å². The molecule has 0 fully saturated rings. The Labute approximate surface area is 112 Å². The van der Waals surface area contributed by atoms with Crippen LogP contribution in [0.2, 0.25) is 0 Å². The third-order valence-electron chi connectivity index (χ3n) is 2.51. The first-order valence-corrected chi connectivity index (χ1v) is 5.78. The van der Waals surface area contributed by atoms with E-state index in [1.807, 2.05) is 13.0 Å². The maximum absolute atomic E-state index is 11.9. The second kappa shape index (κ2) is 6.49. The summed E-state index contributed by atoms with van der Waals surface area (Å²) in [6.45, 7) is 7.05. The van der Waals surface area contributed by atoms with E-state index in [2.05, 4.69) is 22.2 Å². The molecule has 0 saturated carbocycles. The fraction of sp³-hybridized carbons (Fsp3) is 0.214. The molecule has 0 spiro atoms. The Morgan fingerprint density at radius 1 is 1.37 bits per heavy atom. The van der Waals surface area contributed by atoms with Crippen molar-refractivity contribution in [2.45, 2.75) is 13.8 Å². The average Bonchev–Trinajstić information content (AvgIpc) is 2.40. The van der Waals surface area contributed by atoms with Gasteiger partial charge in [-0.1, -0.05) is 12.6 Å². The Kier molecular flexibility index (Phi) is 5.00. The van der Waals surface area contributed by atoms with Crippen molar-refractivity contribution in [1.82, 2.24) is 10.3 Å². The zero-order chi connectivity index (χ0) is 14.4. The van der Waals surface area contributed by atoms with Gasteiger partial charge in [-0.25, -0.2) is 4.98 Å². The maximum Gasteiger partial charge on any atom is 0.252 e. The molecule has 1 heterocycles. The van der Waals surface area contributed by atoms with Crippen LogP contribution in [-0.2, 0) is 9.59 Å². The van der Waals surface area contributed by atoms with E-state index < -0.39 is 0 Å². The molecule has 1 aromatic rings. The van der Waals surface area contributed by atoms with Crippen LogP contribution in [0.15, 0.2) is 42.1 Å². The van der Waals surface area contributed by atoms with E-state index in [9.17, 15) is 9.59 Å². The van der Waals surface area contributed by atoms with Crippen molar-refractivity contribution in [3.8, 4) is 0 Å². The van der Waals surface area contributed by atoms with Crippen LogP contribution < -0.4 is 10.6 Å². The Morgan fingerprint density at radius 3 is 2.63 bits per heavy atom. The van der Waals surface area contributed by atoms with Gasteiger partial charge < -0.3 is 10.6 Å². The van der Waals surface area contributed by atoms with Crippen LogP contribution in [0.3, 0.4) is 0 Å². The molecule has 5 nitrogen and oxygen atoms in total. The molecule has 0 aromatic carbocycles. The standard InChI is InChI=1S/C14H17N3O2/c1-9-6-5-7-16-12(9)17-14(19)11(3)8-10(2)13(18)15-4/h5-8H,2H2,1,3-4H3,(H,15,18)(H,16,17,19)/b11-8+. The molecule has 0 atom stereocenters. The van der Waals surface area contributed by atoms with Gasteiger partial charge in [0.1, 0.15) is 5.82 Å². The monoisotopic (exact) mass is 259 g/mol. The van der Waals surface area contributed by atoms with Crippen LogP contribution >= 0.6 is 0 Å². The van der Waals surface area contributed by atoms with Crippen LogP contribution in [0.5, 0.6) is 0 Å². The lowest BCUT2D eigenvalue weighted by Gasteiger charge is -2.07. The summed E-state index contributed by atoms with van der Waals surface area (Å²) in [4.78, 5) is 27.3. The highest BCUT2D eigenvalue weighted by molar-refractivity contribution is 6.05. The Morgan fingerprint density at radius 2 is 2.05 bits per heavy atom. The first-order chi connectivity index (χ1) is 8.95. The van der Waals surface area contributed by atoms with Gasteiger partial charge in [0.15, 0.2) is 0 Å². The van der Waals surface area contributed by atoms with Crippen LogP contribution in [0.1, 0.15) is 12.5 Å². The molecule has 0 unspecified atom stereocenters. The number of rotatable bonds is 4. The zero-order valence-electron chi connectivity index (χ0n) is 11.3. The molecule has 2 amide bonds. The zero-order valence-corrected chi connectivity index (χ0v) is 11.3. The highest BCUT2D eigenvalue weighted by Crippen LogP contribution is 2.11. The summed E-state index contributed by atoms with van der Waals surface area (Å²) >= 11 is 0. The molecule has 0 saturated heterocycles. The number of hydrogen-bond acceptors (Lipinski definition) is 3. The summed E-state index contributed by atoms with van der Waals surface area (Å²) in [5.74, 6) is -0.126. The third-order valence-corrected chi connectivity index (χ3v) is 2.51. The Balaban J connectivity index is 2.79. The first-order valence-electron chi connectivity index (χ1n) is 5.78. The number of nitrogens with one attached hydrogen (secondary N) is 2. The van der Waals surface area contributed by atoms with E-state index >= 15 is 0 Å². The number of pyridine rings is 1. The van der Waals surface area contributed by atoms with Gasteiger partial charge in [0.25, 0.3) is 5.91 Å². The summed E-state index contributed by atoms with van der Waals surface area (Å²) in [5.41, 5.74) is 1.49. The van der Waals surface area contributed by atoms with Gasteiger partial charge in [-0.3, -0.25) is 9.59 Å². The van der Waals surface area contributed by atoms with Gasteiger partial charge in [-0.2, -0.15) is 0 Å². The van der Waals surface area contributed by atoms with Crippen LogP contribution in [-0.4, -0.2) is 23.8 Å². The molecular weight excluding hydrogens is 242 g/mol. The van der Waals surface area contributed by atoms with Gasteiger partial charge in [-0.15, -0.1) is 0 Å². The lowest BCUT2D eigenvalue weighted by Crippen LogP contribution is -2.20. The number of amides is 2. The van der Waals surface area contributed by atoms with E-state index in [4.69, 9.17) is 0 Å². The Hall–Kier alpha value is -2.43. The average molecular weight is 259 g/mol. The molecule has 2 N–H and O–H groups in total. The predicted molar refractivity (Wildman–Crippen MR) is 74.6 cm³/mol. The SMILES string of the molecule is C=C(/C=C(\C)C(=O)Nc1ncccc1C)C(=O)NC. The summed E-state index contributed by atoms with van der Waals surface area (Å²) in [6, 6.07) is 3.65. The van der Waals surface area contributed by atoms with Crippen molar-refractivity contribution in [1.29, 1.82) is 0 Å². The largest absolute Gasteiger partial charge is 0.355 e. The van der Waals surface area contributed by atoms with Gasteiger partial charge in [0, 0.05) is 24.4 Å². The van der Waals surface area contributed by atoms with E-state index in [0.717, 1.165) is 5.56 Å². The van der Waals surface area contributed by atoms with E-state index in [0.29, 0.717) is 11.4 Å². The minimum absolute atomic E-state index is 0.230. The number of carbonyl (C=O) groups is 2. The number of likely N-dealkylation sites (N-methyl/N-ethyl adjacent to an activating group) is 1. The molecule has 0 aliphatic heterocycles. The third kappa shape index (κ3) is 4.06. The molecule has 0 aliphatic carbocycles. The van der Waals surface area contributed by atoms with Crippen molar-refractivity contribution < 1.29 is 9.59 Å². The highest BCUT2D eigenvalue weighted by Gasteiger charge is 2.09. The minimum atomic E-state index is -0.318.